The summed E-state index contributed by atoms with van der Waals surface area (Å²) >= 11 is 0. The van der Waals surface area contributed by atoms with Gasteiger partial charge in [0.1, 0.15) is 0 Å². The summed E-state index contributed by atoms with van der Waals surface area (Å²) in [6, 6.07) is 5.98. The molecule has 0 saturated heterocycles. The smallest absolute Gasteiger partial charge is 0.248 e. The first-order chi connectivity index (χ1) is 8.52. The normalized spacial score (nSPS) is 21.8. The largest absolute Gasteiger partial charge is 0.311 e. The molecule has 100 valence electrons. The summed E-state index contributed by atoms with van der Waals surface area (Å²) in [4.78, 5) is 4.51. The number of aromatic nitrogens is 1. The van der Waals surface area contributed by atoms with Gasteiger partial charge in [-0.1, -0.05) is 6.07 Å². The Morgan fingerprint density at radius 1 is 1.33 bits per heavy atom. The van der Waals surface area contributed by atoms with Crippen LogP contribution in [0.5, 0.6) is 0 Å². The quantitative estimate of drug-likeness (QED) is 0.893. The van der Waals surface area contributed by atoms with Gasteiger partial charge < -0.3 is 5.32 Å². The fourth-order valence-corrected chi connectivity index (χ4v) is 2.76. The first kappa shape index (κ1) is 13.4. The lowest BCUT2D eigenvalue weighted by molar-refractivity contribution is -0.0496. The van der Waals surface area contributed by atoms with Crippen LogP contribution in [0, 0.1) is 12.8 Å². The molecule has 1 aliphatic carbocycles. The van der Waals surface area contributed by atoms with Gasteiger partial charge in [-0.25, -0.2) is 8.78 Å². The molecular weight excluding hydrogens is 234 g/mol. The Bertz CT molecular complexity index is 397. The van der Waals surface area contributed by atoms with Crippen molar-refractivity contribution in [1.82, 2.24) is 10.3 Å². The predicted octanol–water partition coefficient (Wildman–Crippen LogP) is 3.48. The van der Waals surface area contributed by atoms with E-state index in [0.717, 1.165) is 11.4 Å². The van der Waals surface area contributed by atoms with E-state index >= 15 is 0 Å². The van der Waals surface area contributed by atoms with Crippen molar-refractivity contribution >= 4 is 0 Å². The number of hydrogen-bond acceptors (Lipinski definition) is 2. The lowest BCUT2D eigenvalue weighted by atomic mass is 9.81. The van der Waals surface area contributed by atoms with Gasteiger partial charge in [-0.15, -0.1) is 0 Å². The summed E-state index contributed by atoms with van der Waals surface area (Å²) in [5, 5.41) is 3.24. The van der Waals surface area contributed by atoms with E-state index in [4.69, 9.17) is 0 Å². The Hall–Kier alpha value is -1.03. The highest BCUT2D eigenvalue weighted by Crippen LogP contribution is 2.40. The van der Waals surface area contributed by atoms with E-state index in [1.807, 2.05) is 32.2 Å². The highest BCUT2D eigenvalue weighted by atomic mass is 19.3. The molecule has 2 nitrogen and oxygen atoms in total. The first-order valence-corrected chi connectivity index (χ1v) is 6.50. The van der Waals surface area contributed by atoms with Gasteiger partial charge in [0.2, 0.25) is 5.92 Å². The molecule has 1 heterocycles. The molecule has 2 rings (SSSR count). The molecule has 1 unspecified atom stereocenters. The third kappa shape index (κ3) is 3.05. The summed E-state index contributed by atoms with van der Waals surface area (Å²) in [6.07, 6.45) is 1.13. The minimum atomic E-state index is -2.46. The number of nitrogens with zero attached hydrogens (tertiary/aromatic N) is 1. The molecule has 1 atom stereocenters. The molecule has 0 spiro atoms. The second kappa shape index (κ2) is 5.31. The van der Waals surface area contributed by atoms with Crippen LogP contribution < -0.4 is 5.32 Å². The molecule has 1 fully saturated rings. The third-order valence-corrected chi connectivity index (χ3v) is 3.77. The van der Waals surface area contributed by atoms with Crippen LogP contribution in [0.1, 0.15) is 43.1 Å². The summed E-state index contributed by atoms with van der Waals surface area (Å²) < 4.78 is 26.4. The standard InChI is InChI=1S/C14H20F2N2/c1-10-4-3-5-12(18-10)13(17-2)11-6-8-14(15,16)9-7-11/h3-5,11,13,17H,6-9H2,1-2H3. The van der Waals surface area contributed by atoms with Crippen molar-refractivity contribution in [1.29, 1.82) is 0 Å². The number of alkyl halides is 2. The van der Waals surface area contributed by atoms with Crippen LogP contribution in [0.15, 0.2) is 18.2 Å². The molecule has 1 aromatic rings. The van der Waals surface area contributed by atoms with Crippen LogP contribution in [0.4, 0.5) is 8.78 Å². The zero-order valence-electron chi connectivity index (χ0n) is 10.9. The second-order valence-corrected chi connectivity index (χ2v) is 5.16. The molecule has 0 radical (unpaired) electrons. The Morgan fingerprint density at radius 2 is 2.00 bits per heavy atom. The SMILES string of the molecule is CNC(c1cccc(C)n1)C1CCC(F)(F)CC1. The number of aryl methyl sites for hydroxylation is 1. The molecule has 4 heteroatoms. The van der Waals surface area contributed by atoms with E-state index in [-0.39, 0.29) is 24.8 Å². The van der Waals surface area contributed by atoms with Crippen molar-refractivity contribution in [3.63, 3.8) is 0 Å². The van der Waals surface area contributed by atoms with E-state index < -0.39 is 5.92 Å². The predicted molar refractivity (Wildman–Crippen MR) is 67.7 cm³/mol. The van der Waals surface area contributed by atoms with Gasteiger partial charge in [-0.3, -0.25) is 4.98 Å². The van der Waals surface area contributed by atoms with Crippen molar-refractivity contribution in [3.8, 4) is 0 Å². The van der Waals surface area contributed by atoms with Crippen molar-refractivity contribution in [2.24, 2.45) is 5.92 Å². The minimum Gasteiger partial charge on any atom is -0.311 e. The Morgan fingerprint density at radius 3 is 2.56 bits per heavy atom. The fraction of sp³-hybridized carbons (Fsp3) is 0.643. The van der Waals surface area contributed by atoms with Crippen molar-refractivity contribution < 1.29 is 8.78 Å². The number of halogens is 2. The van der Waals surface area contributed by atoms with Crippen LogP contribution in [-0.2, 0) is 0 Å². The zero-order valence-corrected chi connectivity index (χ0v) is 10.9. The number of hydrogen-bond donors (Lipinski definition) is 1. The average Bonchev–Trinajstić information content (AvgIpc) is 2.32. The molecule has 0 amide bonds. The third-order valence-electron chi connectivity index (χ3n) is 3.77. The Balaban J connectivity index is 2.10. The van der Waals surface area contributed by atoms with E-state index in [0.29, 0.717) is 12.8 Å². The summed E-state index contributed by atoms with van der Waals surface area (Å²) in [5.74, 6) is -2.21. The number of rotatable bonds is 3. The maximum absolute atomic E-state index is 13.2. The molecule has 1 N–H and O–H groups in total. The molecule has 1 aromatic heterocycles. The highest BCUT2D eigenvalue weighted by molar-refractivity contribution is 5.14. The maximum atomic E-state index is 13.2. The fourth-order valence-electron chi connectivity index (χ4n) is 2.76. The van der Waals surface area contributed by atoms with Gasteiger partial charge in [0.25, 0.3) is 0 Å². The minimum absolute atomic E-state index is 0.00165. The summed E-state index contributed by atoms with van der Waals surface area (Å²) in [7, 11) is 1.88. The number of pyridine rings is 1. The molecule has 1 aliphatic rings. The van der Waals surface area contributed by atoms with Crippen LogP contribution in [-0.4, -0.2) is 18.0 Å². The molecule has 0 aromatic carbocycles. The van der Waals surface area contributed by atoms with E-state index in [2.05, 4.69) is 10.3 Å². The monoisotopic (exact) mass is 254 g/mol. The molecular formula is C14H20F2N2. The molecule has 0 aliphatic heterocycles. The van der Waals surface area contributed by atoms with E-state index in [1.54, 1.807) is 0 Å². The lowest BCUT2D eigenvalue weighted by Crippen LogP contribution is -2.33. The first-order valence-electron chi connectivity index (χ1n) is 6.50. The molecule has 1 saturated carbocycles. The van der Waals surface area contributed by atoms with Crippen molar-refractivity contribution in [2.45, 2.75) is 44.6 Å². The van der Waals surface area contributed by atoms with E-state index in [9.17, 15) is 8.78 Å². The summed E-state index contributed by atoms with van der Waals surface area (Å²) in [5.41, 5.74) is 1.93. The Labute approximate surface area is 107 Å². The number of nitrogens with one attached hydrogen (secondary N) is 1. The van der Waals surface area contributed by atoms with Gasteiger partial charge in [-0.2, -0.15) is 0 Å². The van der Waals surface area contributed by atoms with Gasteiger partial charge in [0, 0.05) is 18.5 Å². The van der Waals surface area contributed by atoms with Crippen LogP contribution in [0.2, 0.25) is 0 Å². The van der Waals surface area contributed by atoms with Gasteiger partial charge >= 0.3 is 0 Å². The van der Waals surface area contributed by atoms with Crippen LogP contribution in [0.3, 0.4) is 0 Å². The van der Waals surface area contributed by atoms with Crippen LogP contribution in [0.25, 0.3) is 0 Å². The average molecular weight is 254 g/mol. The van der Waals surface area contributed by atoms with Gasteiger partial charge in [0.15, 0.2) is 0 Å². The van der Waals surface area contributed by atoms with Crippen molar-refractivity contribution in [3.05, 3.63) is 29.6 Å². The molecule has 18 heavy (non-hydrogen) atoms. The van der Waals surface area contributed by atoms with Gasteiger partial charge in [0.05, 0.1) is 11.7 Å². The topological polar surface area (TPSA) is 24.9 Å². The maximum Gasteiger partial charge on any atom is 0.248 e. The van der Waals surface area contributed by atoms with E-state index in [1.165, 1.54) is 0 Å². The Kier molecular flexibility index (Phi) is 3.95. The van der Waals surface area contributed by atoms with Gasteiger partial charge in [-0.05, 0) is 44.9 Å². The molecule has 0 bridgehead atoms. The zero-order chi connectivity index (χ0) is 13.2. The lowest BCUT2D eigenvalue weighted by Gasteiger charge is -2.33. The highest BCUT2D eigenvalue weighted by Gasteiger charge is 2.37. The summed E-state index contributed by atoms with van der Waals surface area (Å²) in [6.45, 7) is 1.95. The van der Waals surface area contributed by atoms with Crippen LogP contribution >= 0.6 is 0 Å². The second-order valence-electron chi connectivity index (χ2n) is 5.16. The van der Waals surface area contributed by atoms with Crippen molar-refractivity contribution in [2.75, 3.05) is 7.05 Å².